The SMILES string of the molecule is CC(C)C1CN(C(=O)NCc2ccnc(N3CCN(C)CC3)n2)CCCO1. The molecule has 8 heteroatoms. The first-order valence-corrected chi connectivity index (χ1v) is 9.92. The summed E-state index contributed by atoms with van der Waals surface area (Å²) < 4.78 is 5.85. The fourth-order valence-electron chi connectivity index (χ4n) is 3.36. The molecule has 2 amide bonds. The Morgan fingerprint density at radius 2 is 2.07 bits per heavy atom. The number of ether oxygens (including phenoxy) is 1. The largest absolute Gasteiger partial charge is 0.376 e. The van der Waals surface area contributed by atoms with E-state index in [0.29, 0.717) is 25.6 Å². The molecule has 150 valence electrons. The maximum atomic E-state index is 12.6. The average molecular weight is 377 g/mol. The van der Waals surface area contributed by atoms with Crippen molar-refractivity contribution in [1.29, 1.82) is 0 Å². The smallest absolute Gasteiger partial charge is 0.317 e. The van der Waals surface area contributed by atoms with E-state index in [0.717, 1.165) is 50.8 Å². The lowest BCUT2D eigenvalue weighted by atomic mass is 10.1. The predicted molar refractivity (Wildman–Crippen MR) is 105 cm³/mol. The maximum absolute atomic E-state index is 12.6. The molecule has 8 nitrogen and oxygen atoms in total. The number of hydrogen-bond donors (Lipinski definition) is 1. The number of hydrogen-bond acceptors (Lipinski definition) is 6. The molecular formula is C19H32N6O2. The molecule has 0 aromatic carbocycles. The van der Waals surface area contributed by atoms with Crippen molar-refractivity contribution in [3.63, 3.8) is 0 Å². The van der Waals surface area contributed by atoms with Gasteiger partial charge in [-0.05, 0) is 25.5 Å². The molecule has 27 heavy (non-hydrogen) atoms. The number of nitrogens with one attached hydrogen (secondary N) is 1. The van der Waals surface area contributed by atoms with Crippen LogP contribution < -0.4 is 10.2 Å². The number of rotatable bonds is 4. The zero-order chi connectivity index (χ0) is 19.2. The molecule has 1 N–H and O–H groups in total. The van der Waals surface area contributed by atoms with Gasteiger partial charge in [-0.25, -0.2) is 14.8 Å². The van der Waals surface area contributed by atoms with Crippen LogP contribution in [0.5, 0.6) is 0 Å². The highest BCUT2D eigenvalue weighted by atomic mass is 16.5. The van der Waals surface area contributed by atoms with Gasteiger partial charge in [-0.15, -0.1) is 0 Å². The Kier molecular flexibility index (Phi) is 6.84. The van der Waals surface area contributed by atoms with E-state index in [1.165, 1.54) is 0 Å². The summed E-state index contributed by atoms with van der Waals surface area (Å²) in [6.45, 7) is 10.6. The van der Waals surface area contributed by atoms with Gasteiger partial charge in [0.2, 0.25) is 5.95 Å². The van der Waals surface area contributed by atoms with Gasteiger partial charge in [-0.1, -0.05) is 13.8 Å². The summed E-state index contributed by atoms with van der Waals surface area (Å²) in [6, 6.07) is 1.81. The molecule has 3 heterocycles. The minimum Gasteiger partial charge on any atom is -0.376 e. The van der Waals surface area contributed by atoms with Crippen LogP contribution >= 0.6 is 0 Å². The van der Waals surface area contributed by atoms with Crippen molar-refractivity contribution >= 4 is 12.0 Å². The number of carbonyl (C=O) groups is 1. The highest BCUT2D eigenvalue weighted by Crippen LogP contribution is 2.14. The van der Waals surface area contributed by atoms with Crippen LogP contribution in [0, 0.1) is 5.92 Å². The number of likely N-dealkylation sites (N-methyl/N-ethyl adjacent to an activating group) is 1. The zero-order valence-corrected chi connectivity index (χ0v) is 16.7. The Labute approximate surface area is 161 Å². The first-order valence-electron chi connectivity index (χ1n) is 9.92. The van der Waals surface area contributed by atoms with Crippen molar-refractivity contribution in [2.75, 3.05) is 57.8 Å². The second-order valence-electron chi connectivity index (χ2n) is 7.75. The Balaban J connectivity index is 1.54. The zero-order valence-electron chi connectivity index (χ0n) is 16.7. The maximum Gasteiger partial charge on any atom is 0.317 e. The Morgan fingerprint density at radius 1 is 1.30 bits per heavy atom. The topological polar surface area (TPSA) is 73.8 Å². The van der Waals surface area contributed by atoms with Crippen LogP contribution in [0.3, 0.4) is 0 Å². The number of piperazine rings is 1. The van der Waals surface area contributed by atoms with Gasteiger partial charge < -0.3 is 24.8 Å². The average Bonchev–Trinajstić information content (AvgIpc) is 2.93. The van der Waals surface area contributed by atoms with Crippen LogP contribution in [0.15, 0.2) is 12.3 Å². The Morgan fingerprint density at radius 3 is 2.81 bits per heavy atom. The van der Waals surface area contributed by atoms with E-state index in [9.17, 15) is 4.79 Å². The summed E-state index contributed by atoms with van der Waals surface area (Å²) in [6.07, 6.45) is 2.75. The van der Waals surface area contributed by atoms with E-state index in [1.54, 1.807) is 6.20 Å². The molecule has 2 fully saturated rings. The molecule has 1 unspecified atom stereocenters. The lowest BCUT2D eigenvalue weighted by molar-refractivity contribution is 0.0267. The summed E-state index contributed by atoms with van der Waals surface area (Å²) in [7, 11) is 2.13. The molecule has 0 spiro atoms. The van der Waals surface area contributed by atoms with E-state index in [4.69, 9.17) is 4.74 Å². The van der Waals surface area contributed by atoms with Crippen molar-refractivity contribution in [1.82, 2.24) is 25.1 Å². The minimum absolute atomic E-state index is 0.0501. The second kappa shape index (κ2) is 9.32. The van der Waals surface area contributed by atoms with Gasteiger partial charge in [0.1, 0.15) is 0 Å². The summed E-state index contributed by atoms with van der Waals surface area (Å²) in [5, 5.41) is 3.01. The van der Waals surface area contributed by atoms with Crippen LogP contribution in [0.25, 0.3) is 0 Å². The summed E-state index contributed by atoms with van der Waals surface area (Å²) in [4.78, 5) is 28.0. The van der Waals surface area contributed by atoms with E-state index in [1.807, 2.05) is 11.0 Å². The van der Waals surface area contributed by atoms with Gasteiger partial charge in [0.25, 0.3) is 0 Å². The Bertz CT molecular complexity index is 618. The molecule has 1 aromatic heterocycles. The standard InChI is InChI=1S/C19H32N6O2/c1-15(2)17-14-25(7-4-12-27-17)19(26)21-13-16-5-6-20-18(22-16)24-10-8-23(3)9-11-24/h5-6,15,17H,4,7-14H2,1-3H3,(H,21,26). The number of urea groups is 1. The van der Waals surface area contributed by atoms with E-state index < -0.39 is 0 Å². The second-order valence-corrected chi connectivity index (χ2v) is 7.75. The summed E-state index contributed by atoms with van der Waals surface area (Å²) in [5.41, 5.74) is 0.832. The van der Waals surface area contributed by atoms with Crippen LogP contribution in [-0.4, -0.2) is 84.8 Å². The normalized spacial score (nSPS) is 22.0. The molecule has 0 aliphatic carbocycles. The van der Waals surface area contributed by atoms with Crippen LogP contribution in [0.2, 0.25) is 0 Å². The van der Waals surface area contributed by atoms with E-state index in [-0.39, 0.29) is 12.1 Å². The first-order chi connectivity index (χ1) is 13.0. The molecule has 0 saturated carbocycles. The summed E-state index contributed by atoms with van der Waals surface area (Å²) >= 11 is 0. The molecule has 1 aromatic rings. The van der Waals surface area contributed by atoms with Gasteiger partial charge in [-0.3, -0.25) is 0 Å². The third-order valence-corrected chi connectivity index (χ3v) is 5.24. The van der Waals surface area contributed by atoms with Crippen molar-refractivity contribution in [2.24, 2.45) is 5.92 Å². The van der Waals surface area contributed by atoms with Gasteiger partial charge in [0.05, 0.1) is 18.3 Å². The highest BCUT2D eigenvalue weighted by molar-refractivity contribution is 5.74. The number of amides is 2. The van der Waals surface area contributed by atoms with Gasteiger partial charge in [0.15, 0.2) is 0 Å². The third-order valence-electron chi connectivity index (χ3n) is 5.24. The van der Waals surface area contributed by atoms with Crippen molar-refractivity contribution in [2.45, 2.75) is 32.9 Å². The van der Waals surface area contributed by atoms with Gasteiger partial charge in [-0.2, -0.15) is 0 Å². The van der Waals surface area contributed by atoms with E-state index >= 15 is 0 Å². The van der Waals surface area contributed by atoms with Crippen LogP contribution in [0.4, 0.5) is 10.7 Å². The number of nitrogens with zero attached hydrogens (tertiary/aromatic N) is 5. The summed E-state index contributed by atoms with van der Waals surface area (Å²) in [5.74, 6) is 1.14. The quantitative estimate of drug-likeness (QED) is 0.851. The fourth-order valence-corrected chi connectivity index (χ4v) is 3.36. The molecule has 3 rings (SSSR count). The van der Waals surface area contributed by atoms with Crippen LogP contribution in [-0.2, 0) is 11.3 Å². The molecule has 2 aliphatic heterocycles. The monoisotopic (exact) mass is 376 g/mol. The molecule has 0 radical (unpaired) electrons. The fraction of sp³-hybridized carbons (Fsp3) is 0.737. The number of aromatic nitrogens is 2. The highest BCUT2D eigenvalue weighted by Gasteiger charge is 2.24. The molecule has 2 aliphatic rings. The first kappa shape index (κ1) is 19.8. The van der Waals surface area contributed by atoms with E-state index in [2.05, 4.69) is 46.0 Å². The molecule has 0 bridgehead atoms. The molecule has 1 atom stereocenters. The molecular weight excluding hydrogens is 344 g/mol. The predicted octanol–water partition coefficient (Wildman–Crippen LogP) is 1.18. The van der Waals surface area contributed by atoms with Gasteiger partial charge in [0, 0.05) is 52.1 Å². The number of carbonyl (C=O) groups excluding carboxylic acids is 1. The third kappa shape index (κ3) is 5.52. The lowest BCUT2D eigenvalue weighted by Gasteiger charge is -2.32. The molecule has 2 saturated heterocycles. The number of anilines is 1. The lowest BCUT2D eigenvalue weighted by Crippen LogP contribution is -2.45. The van der Waals surface area contributed by atoms with Crippen LogP contribution in [0.1, 0.15) is 26.0 Å². The van der Waals surface area contributed by atoms with Crippen molar-refractivity contribution in [3.05, 3.63) is 18.0 Å². The van der Waals surface area contributed by atoms with Crippen molar-refractivity contribution < 1.29 is 9.53 Å². The van der Waals surface area contributed by atoms with Gasteiger partial charge >= 0.3 is 6.03 Å². The minimum atomic E-state index is -0.0501. The Hall–Kier alpha value is -1.93. The van der Waals surface area contributed by atoms with Crippen molar-refractivity contribution in [3.8, 4) is 0 Å².